The number of morpholine rings is 1. The van der Waals surface area contributed by atoms with E-state index in [9.17, 15) is 10.4 Å². The Morgan fingerprint density at radius 2 is 2.00 bits per heavy atom. The first-order valence-corrected chi connectivity index (χ1v) is 10.1. The van der Waals surface area contributed by atoms with Gasteiger partial charge in [-0.3, -0.25) is 4.98 Å². The van der Waals surface area contributed by atoms with E-state index >= 15 is 0 Å². The Labute approximate surface area is 171 Å². The van der Waals surface area contributed by atoms with Crippen LogP contribution in [0.3, 0.4) is 0 Å². The van der Waals surface area contributed by atoms with E-state index in [-0.39, 0.29) is 12.2 Å². The Morgan fingerprint density at radius 3 is 2.79 bits per heavy atom. The molecule has 0 amide bonds. The van der Waals surface area contributed by atoms with E-state index in [1.54, 1.807) is 6.20 Å². The first-order chi connectivity index (χ1) is 14.2. The lowest BCUT2D eigenvalue weighted by molar-refractivity contribution is -0.0815. The van der Waals surface area contributed by atoms with E-state index in [0.717, 1.165) is 24.0 Å². The number of aromatic nitrogens is 1. The topological polar surface area (TPSA) is 69.4 Å². The van der Waals surface area contributed by atoms with Gasteiger partial charge in [0.25, 0.3) is 0 Å². The van der Waals surface area contributed by atoms with E-state index in [1.165, 1.54) is 5.56 Å². The van der Waals surface area contributed by atoms with Crippen LogP contribution in [0, 0.1) is 11.3 Å². The zero-order chi connectivity index (χ0) is 20.2. The molecule has 4 rings (SSSR count). The highest BCUT2D eigenvalue weighted by Crippen LogP contribution is 2.31. The second-order valence-corrected chi connectivity index (χ2v) is 7.63. The zero-order valence-corrected chi connectivity index (χ0v) is 16.5. The maximum absolute atomic E-state index is 10.8. The van der Waals surface area contributed by atoms with E-state index < -0.39 is 6.10 Å². The minimum absolute atomic E-state index is 0.00231. The summed E-state index contributed by atoms with van der Waals surface area (Å²) in [5.41, 5.74) is 3.54. The molecule has 0 bridgehead atoms. The molecule has 1 saturated heterocycles. The molecule has 3 atom stereocenters. The quantitative estimate of drug-likeness (QED) is 0.723. The smallest absolute Gasteiger partial charge is 0.101 e. The molecule has 1 fully saturated rings. The third kappa shape index (κ3) is 4.24. The molecule has 1 aliphatic rings. The summed E-state index contributed by atoms with van der Waals surface area (Å²) in [7, 11) is 0. The number of benzene rings is 2. The highest BCUT2D eigenvalue weighted by molar-refractivity contribution is 5.95. The number of hydrogen-bond acceptors (Lipinski definition) is 5. The van der Waals surface area contributed by atoms with Gasteiger partial charge in [-0.25, -0.2) is 0 Å². The lowest BCUT2D eigenvalue weighted by Gasteiger charge is -2.40. The Morgan fingerprint density at radius 1 is 1.17 bits per heavy atom. The van der Waals surface area contributed by atoms with Crippen LogP contribution in [0.25, 0.3) is 10.9 Å². The van der Waals surface area contributed by atoms with Crippen molar-refractivity contribution < 1.29 is 9.84 Å². The van der Waals surface area contributed by atoms with E-state index in [2.05, 4.69) is 28.1 Å². The summed E-state index contributed by atoms with van der Waals surface area (Å²) < 4.78 is 6.09. The molecule has 5 heteroatoms. The maximum atomic E-state index is 10.8. The molecule has 0 unspecified atom stereocenters. The molecule has 5 nitrogen and oxygen atoms in total. The van der Waals surface area contributed by atoms with E-state index in [0.29, 0.717) is 24.0 Å². The highest BCUT2D eigenvalue weighted by Gasteiger charge is 2.31. The fourth-order valence-corrected chi connectivity index (χ4v) is 4.06. The van der Waals surface area contributed by atoms with Gasteiger partial charge in [-0.15, -0.1) is 0 Å². The zero-order valence-electron chi connectivity index (χ0n) is 16.5. The van der Waals surface area contributed by atoms with E-state index in [4.69, 9.17) is 4.74 Å². The molecule has 0 spiro atoms. The van der Waals surface area contributed by atoms with Gasteiger partial charge in [0.2, 0.25) is 0 Å². The number of anilines is 1. The van der Waals surface area contributed by atoms with Crippen LogP contribution in [0.2, 0.25) is 0 Å². The average Bonchev–Trinajstić information content (AvgIpc) is 2.77. The van der Waals surface area contributed by atoms with Crippen LogP contribution in [-0.2, 0) is 11.2 Å². The molecule has 0 aliphatic carbocycles. The molecule has 2 heterocycles. The molecule has 3 aromatic rings. The van der Waals surface area contributed by atoms with Crippen LogP contribution in [0.15, 0.2) is 60.8 Å². The Balaban J connectivity index is 1.54. The minimum atomic E-state index is -0.539. The fraction of sp³-hybridized carbons (Fsp3) is 0.333. The SMILES string of the molecule is C[C@@H]1CN(c2ccc(C#N)c3ncccc23)C[C@H]([C@@H](O)CCc2ccccc2)O1. The van der Waals surface area contributed by atoms with Crippen molar-refractivity contribution in [2.24, 2.45) is 0 Å². The number of aliphatic hydroxyl groups excluding tert-OH is 1. The number of ether oxygens (including phenoxy) is 1. The molecule has 0 saturated carbocycles. The van der Waals surface area contributed by atoms with Crippen LogP contribution in [0.1, 0.15) is 24.5 Å². The number of fused-ring (bicyclic) bond motifs is 1. The number of aryl methyl sites for hydroxylation is 1. The van der Waals surface area contributed by atoms with Gasteiger partial charge in [-0.2, -0.15) is 5.26 Å². The van der Waals surface area contributed by atoms with Crippen LogP contribution in [0.5, 0.6) is 0 Å². The molecule has 1 N–H and O–H groups in total. The minimum Gasteiger partial charge on any atom is -0.390 e. The normalized spacial score (nSPS) is 20.4. The van der Waals surface area contributed by atoms with Gasteiger partial charge in [-0.1, -0.05) is 30.3 Å². The fourth-order valence-electron chi connectivity index (χ4n) is 4.06. The lowest BCUT2D eigenvalue weighted by atomic mass is 10.0. The molecular formula is C24H25N3O2. The molecule has 1 aliphatic heterocycles. The number of nitriles is 1. The Kier molecular flexibility index (Phi) is 5.75. The van der Waals surface area contributed by atoms with E-state index in [1.807, 2.05) is 49.4 Å². The molecule has 148 valence electrons. The largest absolute Gasteiger partial charge is 0.390 e. The Hall–Kier alpha value is -2.94. The summed E-state index contributed by atoms with van der Waals surface area (Å²) in [5, 5.41) is 21.2. The van der Waals surface area contributed by atoms with Crippen LogP contribution < -0.4 is 4.90 Å². The van der Waals surface area contributed by atoms with Gasteiger partial charge in [0, 0.05) is 30.4 Å². The monoisotopic (exact) mass is 387 g/mol. The van der Waals surface area contributed by atoms with Gasteiger partial charge in [0.15, 0.2) is 0 Å². The molecule has 29 heavy (non-hydrogen) atoms. The average molecular weight is 387 g/mol. The van der Waals surface area contributed by atoms with Gasteiger partial charge < -0.3 is 14.7 Å². The standard InChI is InChI=1S/C24H25N3O2/c1-17-15-27(21-11-10-19(14-25)24-20(21)8-5-13-26-24)16-23(29-17)22(28)12-9-18-6-3-2-4-7-18/h2-8,10-11,13,17,22-23,28H,9,12,15-16H2,1H3/t17-,22+,23-/m1/s1. The van der Waals surface area contributed by atoms with Gasteiger partial charge in [-0.05, 0) is 49.6 Å². The summed E-state index contributed by atoms with van der Waals surface area (Å²) >= 11 is 0. The van der Waals surface area contributed by atoms with Crippen molar-refractivity contribution in [1.29, 1.82) is 5.26 Å². The third-order valence-electron chi connectivity index (χ3n) is 5.49. The number of rotatable bonds is 5. The van der Waals surface area contributed by atoms with Gasteiger partial charge in [0.05, 0.1) is 23.3 Å². The molecule has 2 aromatic carbocycles. The second-order valence-electron chi connectivity index (χ2n) is 7.63. The van der Waals surface area contributed by atoms with Gasteiger partial charge >= 0.3 is 0 Å². The number of nitrogens with zero attached hydrogens (tertiary/aromatic N) is 3. The maximum Gasteiger partial charge on any atom is 0.101 e. The van der Waals surface area contributed by atoms with Crippen molar-refractivity contribution in [2.75, 3.05) is 18.0 Å². The molecular weight excluding hydrogens is 362 g/mol. The molecule has 1 aromatic heterocycles. The van der Waals surface area contributed by atoms with Crippen LogP contribution >= 0.6 is 0 Å². The Bertz CT molecular complexity index is 1020. The van der Waals surface area contributed by atoms with Crippen LogP contribution in [0.4, 0.5) is 5.69 Å². The summed E-state index contributed by atoms with van der Waals surface area (Å²) in [5.74, 6) is 0. The first-order valence-electron chi connectivity index (χ1n) is 10.1. The van der Waals surface area contributed by atoms with Crippen LogP contribution in [-0.4, -0.2) is 41.5 Å². The highest BCUT2D eigenvalue weighted by atomic mass is 16.5. The van der Waals surface area contributed by atoms with Crippen molar-refractivity contribution in [3.63, 3.8) is 0 Å². The first kappa shape index (κ1) is 19.4. The number of pyridine rings is 1. The summed E-state index contributed by atoms with van der Waals surface area (Å²) in [4.78, 5) is 6.66. The van der Waals surface area contributed by atoms with Crippen molar-refractivity contribution in [2.45, 2.75) is 38.1 Å². The van der Waals surface area contributed by atoms with Crippen molar-refractivity contribution >= 4 is 16.6 Å². The predicted octanol–water partition coefficient (Wildman–Crippen LogP) is 3.69. The second kappa shape index (κ2) is 8.60. The summed E-state index contributed by atoms with van der Waals surface area (Å²) in [6.45, 7) is 3.38. The lowest BCUT2D eigenvalue weighted by Crippen LogP contribution is -2.51. The molecule has 0 radical (unpaired) electrons. The van der Waals surface area contributed by atoms with Gasteiger partial charge in [0.1, 0.15) is 12.2 Å². The van der Waals surface area contributed by atoms with Crippen molar-refractivity contribution in [1.82, 2.24) is 4.98 Å². The summed E-state index contributed by atoms with van der Waals surface area (Å²) in [6, 6.07) is 20.1. The third-order valence-corrected chi connectivity index (χ3v) is 5.49. The predicted molar refractivity (Wildman–Crippen MR) is 114 cm³/mol. The number of hydrogen-bond donors (Lipinski definition) is 1. The summed E-state index contributed by atoms with van der Waals surface area (Å²) in [6.07, 6.45) is 2.39. The van der Waals surface area contributed by atoms with Crippen molar-refractivity contribution in [3.05, 3.63) is 71.9 Å². The van der Waals surface area contributed by atoms with Crippen molar-refractivity contribution in [3.8, 4) is 6.07 Å². The number of aliphatic hydroxyl groups is 1.